The van der Waals surface area contributed by atoms with Crippen LogP contribution in [-0.2, 0) is 11.3 Å². The Morgan fingerprint density at radius 2 is 1.83 bits per heavy atom. The summed E-state index contributed by atoms with van der Waals surface area (Å²) >= 11 is 0. The smallest absolute Gasteiger partial charge is 0.305 e. The second kappa shape index (κ2) is 13.7. The van der Waals surface area contributed by atoms with Gasteiger partial charge in [0.25, 0.3) is 11.8 Å². The van der Waals surface area contributed by atoms with Crippen LogP contribution in [0.4, 0.5) is 0 Å². The number of rotatable bonds is 7. The maximum atomic E-state index is 12.7. The molecule has 0 bridgehead atoms. The zero-order valence-corrected chi connectivity index (χ0v) is 18.8. The van der Waals surface area contributed by atoms with Gasteiger partial charge in [-0.3, -0.25) is 14.4 Å². The van der Waals surface area contributed by atoms with Crippen molar-refractivity contribution in [2.75, 3.05) is 26.2 Å². The topological polar surface area (TPSA) is 98.7 Å². The van der Waals surface area contributed by atoms with Crippen molar-refractivity contribution in [3.05, 3.63) is 34.9 Å². The third-order valence-electron chi connectivity index (χ3n) is 5.14. The Morgan fingerprint density at radius 3 is 2.47 bits per heavy atom. The van der Waals surface area contributed by atoms with E-state index in [1.165, 1.54) is 0 Å². The highest BCUT2D eigenvalue weighted by molar-refractivity contribution is 6.02. The minimum atomic E-state index is -0.959. The second-order valence-electron chi connectivity index (χ2n) is 6.98. The van der Waals surface area contributed by atoms with Crippen molar-refractivity contribution in [2.24, 2.45) is 5.92 Å². The Bertz CT molecular complexity index is 700. The fourth-order valence-corrected chi connectivity index (χ4v) is 3.58. The maximum absolute atomic E-state index is 12.7. The molecule has 1 aromatic rings. The summed E-state index contributed by atoms with van der Waals surface area (Å²) in [6.45, 7) is 11.5. The molecule has 30 heavy (non-hydrogen) atoms. The van der Waals surface area contributed by atoms with Crippen LogP contribution in [0.2, 0.25) is 0 Å². The summed E-state index contributed by atoms with van der Waals surface area (Å²) in [5, 5.41) is 14.5. The largest absolute Gasteiger partial charge is 0.481 e. The number of carbonyl (C=O) groups excluding carboxylic acids is 2. The number of benzene rings is 1. The van der Waals surface area contributed by atoms with E-state index in [4.69, 9.17) is 5.11 Å². The van der Waals surface area contributed by atoms with Crippen molar-refractivity contribution in [3.8, 4) is 0 Å². The van der Waals surface area contributed by atoms with Gasteiger partial charge in [-0.2, -0.15) is 0 Å². The monoisotopic (exact) mass is 419 g/mol. The molecule has 3 N–H and O–H groups in total. The SMILES string of the molecule is CC.CC.O=C(O)CCNC(=O)c1ccc2c(c1)C(=O)N(CCC1CCNCC1)C2. The van der Waals surface area contributed by atoms with Crippen LogP contribution in [0.1, 0.15) is 79.7 Å². The summed E-state index contributed by atoms with van der Waals surface area (Å²) < 4.78 is 0. The van der Waals surface area contributed by atoms with E-state index in [9.17, 15) is 14.4 Å². The summed E-state index contributed by atoms with van der Waals surface area (Å²) in [6.07, 6.45) is 3.22. The summed E-state index contributed by atoms with van der Waals surface area (Å²) in [6, 6.07) is 5.14. The predicted octanol–water partition coefficient (Wildman–Crippen LogP) is 3.29. The van der Waals surface area contributed by atoms with Gasteiger partial charge in [0.15, 0.2) is 0 Å². The van der Waals surface area contributed by atoms with E-state index in [1.807, 2.05) is 38.7 Å². The van der Waals surface area contributed by atoms with E-state index in [1.54, 1.807) is 12.1 Å². The fourth-order valence-electron chi connectivity index (χ4n) is 3.58. The van der Waals surface area contributed by atoms with Crippen molar-refractivity contribution >= 4 is 17.8 Å². The van der Waals surface area contributed by atoms with Gasteiger partial charge in [-0.15, -0.1) is 0 Å². The van der Waals surface area contributed by atoms with Crippen molar-refractivity contribution in [3.63, 3.8) is 0 Å². The Balaban J connectivity index is 0.00000106. The molecule has 0 atom stereocenters. The van der Waals surface area contributed by atoms with Gasteiger partial charge >= 0.3 is 5.97 Å². The van der Waals surface area contributed by atoms with Gasteiger partial charge in [-0.05, 0) is 56.0 Å². The lowest BCUT2D eigenvalue weighted by molar-refractivity contribution is -0.136. The molecule has 3 rings (SSSR count). The number of fused-ring (bicyclic) bond motifs is 1. The maximum Gasteiger partial charge on any atom is 0.305 e. The predicted molar refractivity (Wildman–Crippen MR) is 119 cm³/mol. The Hall–Kier alpha value is -2.41. The van der Waals surface area contributed by atoms with Crippen LogP contribution in [0.3, 0.4) is 0 Å². The molecule has 0 unspecified atom stereocenters. The molecule has 0 radical (unpaired) electrons. The molecule has 1 aromatic carbocycles. The van der Waals surface area contributed by atoms with E-state index in [0.29, 0.717) is 23.6 Å². The third-order valence-corrected chi connectivity index (χ3v) is 5.14. The van der Waals surface area contributed by atoms with Gasteiger partial charge < -0.3 is 20.6 Å². The summed E-state index contributed by atoms with van der Waals surface area (Å²) in [5.74, 6) is -0.661. The van der Waals surface area contributed by atoms with Crippen molar-refractivity contribution in [2.45, 2.75) is 59.9 Å². The molecule has 2 aliphatic rings. The first-order valence-corrected chi connectivity index (χ1v) is 11.2. The summed E-state index contributed by atoms with van der Waals surface area (Å²) in [4.78, 5) is 37.1. The van der Waals surface area contributed by atoms with Gasteiger partial charge in [-0.1, -0.05) is 33.8 Å². The zero-order chi connectivity index (χ0) is 22.5. The Labute approximate surface area is 180 Å². The summed E-state index contributed by atoms with van der Waals surface area (Å²) in [7, 11) is 0. The molecule has 7 nitrogen and oxygen atoms in total. The molecule has 168 valence electrons. The number of carboxylic acids is 1. The first-order chi connectivity index (χ1) is 14.5. The number of carboxylic acid groups (broad SMARTS) is 1. The normalized spacial score (nSPS) is 15.3. The van der Waals surface area contributed by atoms with Crippen LogP contribution in [0.5, 0.6) is 0 Å². The highest BCUT2D eigenvalue weighted by Gasteiger charge is 2.28. The molecule has 2 heterocycles. The summed E-state index contributed by atoms with van der Waals surface area (Å²) in [5.41, 5.74) is 1.92. The van der Waals surface area contributed by atoms with E-state index in [0.717, 1.165) is 44.5 Å². The number of nitrogens with one attached hydrogen (secondary N) is 2. The quantitative estimate of drug-likeness (QED) is 0.630. The van der Waals surface area contributed by atoms with Gasteiger partial charge in [-0.25, -0.2) is 0 Å². The number of nitrogens with zero attached hydrogens (tertiary/aromatic N) is 1. The lowest BCUT2D eigenvalue weighted by atomic mass is 9.94. The van der Waals surface area contributed by atoms with Crippen LogP contribution < -0.4 is 10.6 Å². The van der Waals surface area contributed by atoms with Crippen molar-refractivity contribution in [1.82, 2.24) is 15.5 Å². The van der Waals surface area contributed by atoms with E-state index in [2.05, 4.69) is 10.6 Å². The molecule has 0 saturated carbocycles. The second-order valence-corrected chi connectivity index (χ2v) is 6.98. The first kappa shape index (κ1) is 25.6. The van der Waals surface area contributed by atoms with Crippen molar-refractivity contribution in [1.29, 1.82) is 0 Å². The van der Waals surface area contributed by atoms with Crippen LogP contribution in [0, 0.1) is 5.92 Å². The van der Waals surface area contributed by atoms with Crippen LogP contribution >= 0.6 is 0 Å². The first-order valence-electron chi connectivity index (χ1n) is 11.2. The van der Waals surface area contributed by atoms with Gasteiger partial charge in [0.1, 0.15) is 0 Å². The highest BCUT2D eigenvalue weighted by atomic mass is 16.4. The number of aliphatic carboxylic acids is 1. The average Bonchev–Trinajstić information content (AvgIpc) is 3.10. The van der Waals surface area contributed by atoms with E-state index >= 15 is 0 Å². The minimum Gasteiger partial charge on any atom is -0.481 e. The molecule has 0 spiro atoms. The molecular weight excluding hydrogens is 382 g/mol. The number of hydrogen-bond acceptors (Lipinski definition) is 4. The molecule has 2 amide bonds. The van der Waals surface area contributed by atoms with Crippen LogP contribution in [0.25, 0.3) is 0 Å². The molecule has 1 fully saturated rings. The Kier molecular flexibility index (Phi) is 11.7. The van der Waals surface area contributed by atoms with Crippen LogP contribution in [0.15, 0.2) is 18.2 Å². The van der Waals surface area contributed by atoms with Gasteiger partial charge in [0, 0.05) is 30.8 Å². The van der Waals surface area contributed by atoms with Crippen molar-refractivity contribution < 1.29 is 19.5 Å². The average molecular weight is 420 g/mol. The fraction of sp³-hybridized carbons (Fsp3) is 0.609. The Morgan fingerprint density at radius 1 is 1.17 bits per heavy atom. The third kappa shape index (κ3) is 7.44. The molecule has 7 heteroatoms. The lowest BCUT2D eigenvalue weighted by Gasteiger charge is -2.25. The standard InChI is InChI=1S/C19H25N3O4.2C2H6/c23-17(24)5-9-21-18(25)14-1-2-15-12-22(19(26)16(15)11-14)10-6-13-3-7-20-8-4-13;2*1-2/h1-2,11,13,20H,3-10,12H2,(H,21,25)(H,23,24);2*1-2H3. The number of piperidine rings is 1. The number of carbonyl (C=O) groups is 3. The molecule has 0 aromatic heterocycles. The van der Waals surface area contributed by atoms with Crippen LogP contribution in [-0.4, -0.2) is 54.0 Å². The lowest BCUT2D eigenvalue weighted by Crippen LogP contribution is -2.31. The van der Waals surface area contributed by atoms with E-state index < -0.39 is 5.97 Å². The molecule has 2 aliphatic heterocycles. The molecule has 0 aliphatic carbocycles. The minimum absolute atomic E-state index is 0.0193. The number of hydrogen-bond donors (Lipinski definition) is 3. The number of amides is 2. The highest BCUT2D eigenvalue weighted by Crippen LogP contribution is 2.26. The molecular formula is C23H37N3O4. The van der Waals surface area contributed by atoms with Gasteiger partial charge in [0.05, 0.1) is 6.42 Å². The van der Waals surface area contributed by atoms with Gasteiger partial charge in [0.2, 0.25) is 0 Å². The molecule has 1 saturated heterocycles. The zero-order valence-electron chi connectivity index (χ0n) is 18.8. The van der Waals surface area contributed by atoms with E-state index in [-0.39, 0.29) is 24.8 Å².